The predicted molar refractivity (Wildman–Crippen MR) is 82.1 cm³/mol. The largest absolute Gasteiger partial charge is 0.444 e. The predicted octanol–water partition coefficient (Wildman–Crippen LogP) is 3.02. The Morgan fingerprint density at radius 3 is 2.70 bits per heavy atom. The number of rotatable bonds is 6. The lowest BCUT2D eigenvalue weighted by molar-refractivity contribution is 0.0527. The van der Waals surface area contributed by atoms with Crippen LogP contribution in [0.2, 0.25) is 0 Å². The number of hydrogen-bond acceptors (Lipinski definition) is 5. The van der Waals surface area contributed by atoms with E-state index in [2.05, 4.69) is 29.5 Å². The number of ether oxygens (including phenoxy) is 1. The van der Waals surface area contributed by atoms with Crippen LogP contribution in [0.15, 0.2) is 6.20 Å². The number of hydrogen-bond donors (Lipinski definition) is 2. The monoisotopic (exact) mass is 299 g/mol. The first-order valence-corrected chi connectivity index (χ1v) is 7.72. The second kappa shape index (κ2) is 7.59. The quantitative estimate of drug-likeness (QED) is 0.793. The second-order valence-electron chi connectivity index (χ2n) is 5.77. The van der Waals surface area contributed by atoms with Crippen molar-refractivity contribution in [2.45, 2.75) is 52.7 Å². The molecule has 0 aliphatic rings. The normalized spacial score (nSPS) is 13.1. The summed E-state index contributed by atoms with van der Waals surface area (Å²) in [6.07, 6.45) is 2.39. The van der Waals surface area contributed by atoms with Crippen LogP contribution in [0.1, 0.15) is 50.0 Å². The minimum atomic E-state index is -0.445. The van der Waals surface area contributed by atoms with Gasteiger partial charge in [-0.2, -0.15) is 0 Å². The number of amides is 1. The van der Waals surface area contributed by atoms with E-state index in [0.717, 1.165) is 18.0 Å². The average molecular weight is 299 g/mol. The van der Waals surface area contributed by atoms with Crippen LogP contribution in [0, 0.1) is 6.92 Å². The van der Waals surface area contributed by atoms with E-state index in [4.69, 9.17) is 4.74 Å². The van der Waals surface area contributed by atoms with Gasteiger partial charge in [-0.3, -0.25) is 0 Å². The number of carbonyl (C=O) groups is 1. The minimum absolute atomic E-state index is 0.246. The lowest BCUT2D eigenvalue weighted by Gasteiger charge is -2.19. The molecule has 0 spiro atoms. The van der Waals surface area contributed by atoms with E-state index < -0.39 is 5.60 Å². The first-order valence-electron chi connectivity index (χ1n) is 6.90. The Morgan fingerprint density at radius 1 is 1.45 bits per heavy atom. The zero-order valence-corrected chi connectivity index (χ0v) is 13.8. The molecule has 1 unspecified atom stereocenters. The van der Waals surface area contributed by atoms with Gasteiger partial charge in [0, 0.05) is 17.6 Å². The molecule has 1 aromatic heterocycles. The molecule has 20 heavy (non-hydrogen) atoms. The molecule has 1 rings (SSSR count). The highest BCUT2D eigenvalue weighted by Gasteiger charge is 2.15. The van der Waals surface area contributed by atoms with Crippen LogP contribution in [0.3, 0.4) is 0 Å². The summed E-state index contributed by atoms with van der Waals surface area (Å²) in [7, 11) is 0. The van der Waals surface area contributed by atoms with Crippen LogP contribution in [0.25, 0.3) is 0 Å². The van der Waals surface area contributed by atoms with Gasteiger partial charge in [0.15, 0.2) is 0 Å². The summed E-state index contributed by atoms with van der Waals surface area (Å²) in [6.45, 7) is 11.1. The molecule has 2 N–H and O–H groups in total. The second-order valence-corrected chi connectivity index (χ2v) is 7.03. The maximum absolute atomic E-state index is 11.4. The van der Waals surface area contributed by atoms with E-state index in [0.29, 0.717) is 6.54 Å². The molecule has 0 radical (unpaired) electrons. The third-order valence-electron chi connectivity index (χ3n) is 2.48. The molecule has 114 valence electrons. The van der Waals surface area contributed by atoms with E-state index >= 15 is 0 Å². The Labute approximate surface area is 125 Å². The molecule has 1 amide bonds. The van der Waals surface area contributed by atoms with Gasteiger partial charge in [0.05, 0.1) is 6.04 Å². The Morgan fingerprint density at radius 2 is 2.15 bits per heavy atom. The molecule has 6 heteroatoms. The van der Waals surface area contributed by atoms with Gasteiger partial charge in [0.2, 0.25) is 0 Å². The highest BCUT2D eigenvalue weighted by atomic mass is 32.1. The lowest BCUT2D eigenvalue weighted by Crippen LogP contribution is -2.34. The van der Waals surface area contributed by atoms with Crippen molar-refractivity contribution in [2.75, 3.05) is 13.1 Å². The third-order valence-corrected chi connectivity index (χ3v) is 3.58. The SMILES string of the molecule is Cc1cnc(C(C)NCCCNC(=O)OC(C)(C)C)s1. The van der Waals surface area contributed by atoms with E-state index in [1.807, 2.05) is 27.0 Å². The molecular formula is C14H25N3O2S. The fourth-order valence-electron chi connectivity index (χ4n) is 1.57. The summed E-state index contributed by atoms with van der Waals surface area (Å²) < 4.78 is 5.16. The van der Waals surface area contributed by atoms with Crippen molar-refractivity contribution >= 4 is 17.4 Å². The Hall–Kier alpha value is -1.14. The highest BCUT2D eigenvalue weighted by molar-refractivity contribution is 7.11. The van der Waals surface area contributed by atoms with Crippen molar-refractivity contribution in [3.63, 3.8) is 0 Å². The molecule has 0 saturated heterocycles. The molecule has 0 saturated carbocycles. The van der Waals surface area contributed by atoms with Gasteiger partial charge >= 0.3 is 6.09 Å². The summed E-state index contributed by atoms with van der Waals surface area (Å²) in [5.41, 5.74) is -0.445. The van der Waals surface area contributed by atoms with Crippen molar-refractivity contribution in [2.24, 2.45) is 0 Å². The fraction of sp³-hybridized carbons (Fsp3) is 0.714. The van der Waals surface area contributed by atoms with Crippen LogP contribution >= 0.6 is 11.3 Å². The summed E-state index contributed by atoms with van der Waals surface area (Å²) in [4.78, 5) is 17.0. The van der Waals surface area contributed by atoms with Crippen LogP contribution in [-0.2, 0) is 4.74 Å². The average Bonchev–Trinajstić information content (AvgIpc) is 2.73. The van der Waals surface area contributed by atoms with Crippen molar-refractivity contribution in [1.29, 1.82) is 0 Å². The van der Waals surface area contributed by atoms with Crippen LogP contribution < -0.4 is 10.6 Å². The van der Waals surface area contributed by atoms with Gasteiger partial charge < -0.3 is 15.4 Å². The summed E-state index contributed by atoms with van der Waals surface area (Å²) in [6, 6.07) is 0.246. The maximum atomic E-state index is 11.4. The van der Waals surface area contributed by atoms with Gasteiger partial charge in [0.1, 0.15) is 10.6 Å². The van der Waals surface area contributed by atoms with Crippen molar-refractivity contribution < 1.29 is 9.53 Å². The third kappa shape index (κ3) is 6.86. The molecule has 0 aromatic carbocycles. The number of thiazole rings is 1. The van der Waals surface area contributed by atoms with Crippen molar-refractivity contribution in [3.05, 3.63) is 16.1 Å². The van der Waals surface area contributed by atoms with Crippen LogP contribution in [0.4, 0.5) is 4.79 Å². The molecule has 0 fully saturated rings. The topological polar surface area (TPSA) is 63.2 Å². The number of nitrogens with one attached hydrogen (secondary N) is 2. The lowest BCUT2D eigenvalue weighted by atomic mass is 10.2. The maximum Gasteiger partial charge on any atom is 0.407 e. The van der Waals surface area contributed by atoms with E-state index in [1.165, 1.54) is 4.88 Å². The fourth-order valence-corrected chi connectivity index (χ4v) is 2.37. The van der Waals surface area contributed by atoms with Gasteiger partial charge in [-0.25, -0.2) is 9.78 Å². The van der Waals surface area contributed by atoms with Gasteiger partial charge in [-0.15, -0.1) is 11.3 Å². The molecule has 0 aliphatic heterocycles. The Kier molecular flexibility index (Phi) is 6.42. The van der Waals surface area contributed by atoms with Gasteiger partial charge in [-0.1, -0.05) is 0 Å². The van der Waals surface area contributed by atoms with E-state index in [9.17, 15) is 4.79 Å². The first-order chi connectivity index (χ1) is 9.28. The Bertz CT molecular complexity index is 426. The number of alkyl carbamates (subject to hydrolysis) is 1. The molecular weight excluding hydrogens is 274 g/mol. The van der Waals surface area contributed by atoms with Crippen LogP contribution in [0.5, 0.6) is 0 Å². The number of nitrogens with zero attached hydrogens (tertiary/aromatic N) is 1. The molecule has 1 aromatic rings. The molecule has 0 bridgehead atoms. The molecule has 1 heterocycles. The smallest absolute Gasteiger partial charge is 0.407 e. The van der Waals surface area contributed by atoms with E-state index in [-0.39, 0.29) is 12.1 Å². The molecule has 5 nitrogen and oxygen atoms in total. The number of aromatic nitrogens is 1. The molecule has 0 aliphatic carbocycles. The van der Waals surface area contributed by atoms with Crippen molar-refractivity contribution in [3.8, 4) is 0 Å². The summed E-state index contributed by atoms with van der Waals surface area (Å²) in [5.74, 6) is 0. The minimum Gasteiger partial charge on any atom is -0.444 e. The number of aryl methyl sites for hydroxylation is 1. The summed E-state index contributed by atoms with van der Waals surface area (Å²) >= 11 is 1.71. The summed E-state index contributed by atoms with van der Waals surface area (Å²) in [5, 5.41) is 7.23. The first kappa shape index (κ1) is 16.9. The zero-order chi connectivity index (χ0) is 15.2. The van der Waals surface area contributed by atoms with Gasteiger partial charge in [-0.05, 0) is 47.6 Å². The van der Waals surface area contributed by atoms with Gasteiger partial charge in [0.25, 0.3) is 0 Å². The van der Waals surface area contributed by atoms with E-state index in [1.54, 1.807) is 11.3 Å². The van der Waals surface area contributed by atoms with Crippen molar-refractivity contribution in [1.82, 2.24) is 15.6 Å². The highest BCUT2D eigenvalue weighted by Crippen LogP contribution is 2.18. The van der Waals surface area contributed by atoms with Crippen LogP contribution in [-0.4, -0.2) is 29.8 Å². The standard InChI is InChI=1S/C14H25N3O2S/c1-10-9-17-12(20-10)11(2)15-7-6-8-16-13(18)19-14(3,4)5/h9,11,15H,6-8H2,1-5H3,(H,16,18). The molecule has 1 atom stereocenters. The number of carbonyl (C=O) groups excluding carboxylic acids is 1. The Balaban J connectivity index is 2.12. The zero-order valence-electron chi connectivity index (χ0n) is 12.9.